The lowest BCUT2D eigenvalue weighted by Gasteiger charge is -2.22. The molecule has 4 aromatic rings. The van der Waals surface area contributed by atoms with Gasteiger partial charge >= 0.3 is 0 Å². The summed E-state index contributed by atoms with van der Waals surface area (Å²) in [6.45, 7) is 2.71. The number of aryl methyl sites for hydroxylation is 1. The lowest BCUT2D eigenvalue weighted by Crippen LogP contribution is -2.22. The molecule has 0 fully saturated rings. The van der Waals surface area contributed by atoms with E-state index in [4.69, 9.17) is 9.40 Å². The number of hydrogen-bond donors (Lipinski definition) is 1. The van der Waals surface area contributed by atoms with Crippen molar-refractivity contribution < 1.29 is 9.21 Å². The predicted molar refractivity (Wildman–Crippen MR) is 109 cm³/mol. The van der Waals surface area contributed by atoms with Gasteiger partial charge in [-0.25, -0.2) is 4.98 Å². The number of nitrogens with one attached hydrogen (secondary N) is 1. The highest BCUT2D eigenvalue weighted by Crippen LogP contribution is 2.25. The molecule has 0 aliphatic carbocycles. The lowest BCUT2D eigenvalue weighted by molar-refractivity contribution is 0.0996. The molecule has 0 radical (unpaired) electrons. The summed E-state index contributed by atoms with van der Waals surface area (Å²) in [6, 6.07) is 19.6. The van der Waals surface area contributed by atoms with Gasteiger partial charge in [0.15, 0.2) is 5.76 Å². The van der Waals surface area contributed by atoms with Gasteiger partial charge in [-0.2, -0.15) is 0 Å². The van der Waals surface area contributed by atoms with Gasteiger partial charge in [-0.15, -0.1) is 0 Å². The van der Waals surface area contributed by atoms with Crippen LogP contribution in [0.4, 0.5) is 11.4 Å². The first-order valence-corrected chi connectivity index (χ1v) is 9.42. The third-order valence-corrected chi connectivity index (χ3v) is 5.11. The fraction of sp³-hybridized carbons (Fsp3) is 0.182. The number of rotatable bonds is 3. The summed E-state index contributed by atoms with van der Waals surface area (Å²) in [4.78, 5) is 19.3. The Balaban J connectivity index is 1.35. The van der Waals surface area contributed by atoms with E-state index in [0.29, 0.717) is 5.76 Å². The van der Waals surface area contributed by atoms with E-state index in [2.05, 4.69) is 33.0 Å². The van der Waals surface area contributed by atoms with Crippen LogP contribution in [0.5, 0.6) is 0 Å². The van der Waals surface area contributed by atoms with Crippen molar-refractivity contribution in [2.24, 2.45) is 0 Å². The second kappa shape index (κ2) is 6.88. The first-order chi connectivity index (χ1) is 13.8. The van der Waals surface area contributed by atoms with Crippen LogP contribution in [0.1, 0.15) is 22.8 Å². The van der Waals surface area contributed by atoms with Crippen molar-refractivity contribution in [1.82, 2.24) is 9.55 Å². The molecule has 5 rings (SSSR count). The first kappa shape index (κ1) is 16.6. The van der Waals surface area contributed by atoms with E-state index < -0.39 is 0 Å². The Morgan fingerprint density at radius 2 is 1.86 bits per heavy atom. The quantitative estimate of drug-likeness (QED) is 0.583. The molecule has 1 aliphatic rings. The van der Waals surface area contributed by atoms with E-state index in [0.717, 1.165) is 48.8 Å². The Morgan fingerprint density at radius 1 is 1.00 bits per heavy atom. The number of hydrogen-bond acceptors (Lipinski definition) is 4. The molecule has 2 aromatic carbocycles. The summed E-state index contributed by atoms with van der Waals surface area (Å²) < 4.78 is 7.46. The molecule has 0 saturated heterocycles. The second-order valence-electron chi connectivity index (χ2n) is 6.92. The summed E-state index contributed by atoms with van der Waals surface area (Å²) in [5.41, 5.74) is 4.12. The number of benzene rings is 2. The predicted octanol–water partition coefficient (Wildman–Crippen LogP) is 4.29. The van der Waals surface area contributed by atoms with E-state index in [9.17, 15) is 4.79 Å². The molecule has 1 N–H and O–H groups in total. The highest BCUT2D eigenvalue weighted by Gasteiger charge is 2.18. The molecule has 0 bridgehead atoms. The zero-order valence-electron chi connectivity index (χ0n) is 15.3. The van der Waals surface area contributed by atoms with Gasteiger partial charge in [0, 0.05) is 24.5 Å². The molecular formula is C22H20N4O2. The smallest absolute Gasteiger partial charge is 0.291 e. The van der Waals surface area contributed by atoms with Crippen LogP contribution in [0.25, 0.3) is 11.0 Å². The Kier molecular flexibility index (Phi) is 4.09. The van der Waals surface area contributed by atoms with Crippen LogP contribution in [0.15, 0.2) is 71.3 Å². The molecule has 28 heavy (non-hydrogen) atoms. The highest BCUT2D eigenvalue weighted by atomic mass is 16.3. The maximum atomic E-state index is 12.1. The molecule has 2 aromatic heterocycles. The second-order valence-corrected chi connectivity index (χ2v) is 6.92. The van der Waals surface area contributed by atoms with Gasteiger partial charge in [-0.05, 0) is 55.0 Å². The minimum Gasteiger partial charge on any atom is -0.459 e. The normalized spacial score (nSPS) is 13.9. The van der Waals surface area contributed by atoms with Gasteiger partial charge in [-0.1, -0.05) is 12.1 Å². The van der Waals surface area contributed by atoms with Crippen molar-refractivity contribution in [3.8, 4) is 0 Å². The summed E-state index contributed by atoms with van der Waals surface area (Å²) in [7, 11) is 0. The SMILES string of the molecule is O=C(Nc1ccc(N2CCCn3c(nc4ccccc43)C2)cc1)c1ccco1. The van der Waals surface area contributed by atoms with Crippen LogP contribution in [0.3, 0.4) is 0 Å². The number of carbonyl (C=O) groups is 1. The Bertz CT molecular complexity index is 1110. The van der Waals surface area contributed by atoms with Crippen LogP contribution in [-0.2, 0) is 13.1 Å². The number of aromatic nitrogens is 2. The number of nitrogens with zero attached hydrogens (tertiary/aromatic N) is 3. The molecule has 0 spiro atoms. The molecule has 1 aliphatic heterocycles. The number of furan rings is 1. The number of carbonyl (C=O) groups excluding carboxylic acids is 1. The molecule has 1 amide bonds. The molecule has 0 unspecified atom stereocenters. The zero-order valence-corrected chi connectivity index (χ0v) is 15.3. The topological polar surface area (TPSA) is 63.3 Å². The fourth-order valence-corrected chi connectivity index (χ4v) is 3.74. The van der Waals surface area contributed by atoms with Crippen molar-refractivity contribution in [3.05, 3.63) is 78.5 Å². The minimum absolute atomic E-state index is 0.249. The summed E-state index contributed by atoms with van der Waals surface area (Å²) >= 11 is 0. The van der Waals surface area contributed by atoms with E-state index >= 15 is 0 Å². The Morgan fingerprint density at radius 3 is 2.68 bits per heavy atom. The van der Waals surface area contributed by atoms with Gasteiger partial charge in [0.05, 0.1) is 23.8 Å². The van der Waals surface area contributed by atoms with Crippen LogP contribution >= 0.6 is 0 Å². The largest absolute Gasteiger partial charge is 0.459 e. The summed E-state index contributed by atoms with van der Waals surface area (Å²) in [6.07, 6.45) is 2.55. The third kappa shape index (κ3) is 3.03. The van der Waals surface area contributed by atoms with Gasteiger partial charge in [-0.3, -0.25) is 4.79 Å². The monoisotopic (exact) mass is 372 g/mol. The van der Waals surface area contributed by atoms with Crippen molar-refractivity contribution in [1.29, 1.82) is 0 Å². The minimum atomic E-state index is -0.249. The number of amides is 1. The van der Waals surface area contributed by atoms with E-state index in [1.807, 2.05) is 30.3 Å². The molecule has 0 atom stereocenters. The number of para-hydroxylation sites is 2. The molecule has 0 saturated carbocycles. The first-order valence-electron chi connectivity index (χ1n) is 9.42. The average Bonchev–Trinajstić information content (AvgIpc) is 3.32. The highest BCUT2D eigenvalue weighted by molar-refractivity contribution is 6.02. The Labute approximate surface area is 162 Å². The summed E-state index contributed by atoms with van der Waals surface area (Å²) in [5, 5.41) is 2.85. The van der Waals surface area contributed by atoms with Crippen LogP contribution in [0, 0.1) is 0 Å². The maximum Gasteiger partial charge on any atom is 0.291 e. The van der Waals surface area contributed by atoms with Crippen molar-refractivity contribution in [3.63, 3.8) is 0 Å². The molecule has 6 heteroatoms. The van der Waals surface area contributed by atoms with Crippen molar-refractivity contribution in [2.75, 3.05) is 16.8 Å². The molecule has 6 nitrogen and oxygen atoms in total. The lowest BCUT2D eigenvalue weighted by atomic mass is 10.2. The van der Waals surface area contributed by atoms with Crippen molar-refractivity contribution in [2.45, 2.75) is 19.5 Å². The van der Waals surface area contributed by atoms with Crippen LogP contribution in [0.2, 0.25) is 0 Å². The van der Waals surface area contributed by atoms with Gasteiger partial charge in [0.2, 0.25) is 0 Å². The maximum absolute atomic E-state index is 12.1. The zero-order chi connectivity index (χ0) is 18.9. The van der Waals surface area contributed by atoms with Gasteiger partial charge < -0.3 is 19.2 Å². The molecule has 140 valence electrons. The third-order valence-electron chi connectivity index (χ3n) is 5.11. The standard InChI is InChI=1S/C22H20N4O2/c27-22(20-7-3-14-28-20)23-16-8-10-17(11-9-16)25-12-4-13-26-19-6-2-1-5-18(19)24-21(26)15-25/h1-3,5-11,14H,4,12-13,15H2,(H,23,27). The number of imidazole rings is 1. The summed E-state index contributed by atoms with van der Waals surface area (Å²) in [5.74, 6) is 1.14. The number of anilines is 2. The van der Waals surface area contributed by atoms with E-state index in [-0.39, 0.29) is 5.91 Å². The van der Waals surface area contributed by atoms with Crippen LogP contribution < -0.4 is 10.2 Å². The average molecular weight is 372 g/mol. The van der Waals surface area contributed by atoms with Gasteiger partial charge in [0.1, 0.15) is 5.82 Å². The molecular weight excluding hydrogens is 352 g/mol. The van der Waals surface area contributed by atoms with Crippen LogP contribution in [-0.4, -0.2) is 22.0 Å². The van der Waals surface area contributed by atoms with Gasteiger partial charge in [0.25, 0.3) is 5.91 Å². The van der Waals surface area contributed by atoms with Crippen molar-refractivity contribution >= 4 is 28.3 Å². The molecule has 3 heterocycles. The Hall–Kier alpha value is -3.54. The van der Waals surface area contributed by atoms with E-state index in [1.54, 1.807) is 12.1 Å². The van der Waals surface area contributed by atoms with E-state index in [1.165, 1.54) is 11.8 Å². The fourth-order valence-electron chi connectivity index (χ4n) is 3.74. The number of fused-ring (bicyclic) bond motifs is 3.